The first-order valence-electron chi connectivity index (χ1n) is 6.93. The van der Waals surface area contributed by atoms with Crippen LogP contribution in [0.5, 0.6) is 0 Å². The van der Waals surface area contributed by atoms with Crippen LogP contribution in [0.4, 0.5) is 18.0 Å². The lowest BCUT2D eigenvalue weighted by atomic mass is 9.88. The van der Waals surface area contributed by atoms with E-state index in [1.165, 1.54) is 6.92 Å². The molecule has 2 unspecified atom stereocenters. The van der Waals surface area contributed by atoms with Gasteiger partial charge in [0.2, 0.25) is 0 Å². The molecule has 1 fully saturated rings. The zero-order valence-corrected chi connectivity index (χ0v) is 12.2. The van der Waals surface area contributed by atoms with Crippen LogP contribution in [-0.4, -0.2) is 47.8 Å². The molecule has 2 N–H and O–H groups in total. The minimum absolute atomic E-state index is 0.0229. The van der Waals surface area contributed by atoms with Gasteiger partial charge in [-0.25, -0.2) is 4.79 Å². The van der Waals surface area contributed by atoms with Crippen molar-refractivity contribution in [3.05, 3.63) is 0 Å². The molecule has 1 saturated heterocycles. The first-order valence-corrected chi connectivity index (χ1v) is 6.93. The molecule has 1 aliphatic heterocycles. The first kappa shape index (κ1) is 17.6. The molecule has 8 heteroatoms. The fourth-order valence-electron chi connectivity index (χ4n) is 2.16. The van der Waals surface area contributed by atoms with E-state index in [0.29, 0.717) is 12.8 Å². The summed E-state index contributed by atoms with van der Waals surface area (Å²) in [6.07, 6.45) is -3.68. The summed E-state index contributed by atoms with van der Waals surface area (Å²) >= 11 is 0. The number of likely N-dealkylation sites (tertiary alicyclic amines) is 1. The van der Waals surface area contributed by atoms with E-state index in [1.807, 2.05) is 0 Å². The molecule has 0 aliphatic carbocycles. The van der Waals surface area contributed by atoms with Crippen LogP contribution in [0.3, 0.4) is 0 Å². The van der Waals surface area contributed by atoms with Gasteiger partial charge in [0.1, 0.15) is 0 Å². The Kier molecular flexibility index (Phi) is 5.47. The summed E-state index contributed by atoms with van der Waals surface area (Å²) in [6.45, 7) is 2.95. The van der Waals surface area contributed by atoms with Crippen molar-refractivity contribution in [1.29, 1.82) is 0 Å². The summed E-state index contributed by atoms with van der Waals surface area (Å²) in [6, 6.07) is -0.634. The Bertz CT molecular complexity index is 401. The number of amides is 2. The second kappa shape index (κ2) is 6.53. The molecule has 0 aromatic heterocycles. The normalized spacial score (nSPS) is 22.5. The number of carboxylic acid groups (broad SMARTS) is 1. The fourth-order valence-corrected chi connectivity index (χ4v) is 2.16. The van der Waals surface area contributed by atoms with Crippen molar-refractivity contribution >= 4 is 12.0 Å². The predicted octanol–water partition coefficient (Wildman–Crippen LogP) is 2.47. The van der Waals surface area contributed by atoms with Crippen LogP contribution in [0.25, 0.3) is 0 Å². The lowest BCUT2D eigenvalue weighted by molar-refractivity contribution is -0.184. The number of aliphatic carboxylic acids is 1. The Balaban J connectivity index is 2.58. The molecule has 2 amide bonds. The predicted molar refractivity (Wildman–Crippen MR) is 69.8 cm³/mol. The van der Waals surface area contributed by atoms with Crippen molar-refractivity contribution in [2.24, 2.45) is 11.3 Å². The third-order valence-electron chi connectivity index (χ3n) is 4.10. The number of hydrogen-bond acceptors (Lipinski definition) is 2. The number of nitrogens with zero attached hydrogens (tertiary/aromatic N) is 1. The van der Waals surface area contributed by atoms with E-state index in [4.69, 9.17) is 5.11 Å². The summed E-state index contributed by atoms with van der Waals surface area (Å²) in [7, 11) is 0. The topological polar surface area (TPSA) is 69.6 Å². The number of piperidine rings is 1. The molecule has 122 valence electrons. The number of carboxylic acids is 1. The number of urea groups is 1. The van der Waals surface area contributed by atoms with Gasteiger partial charge in [0.05, 0.1) is 11.3 Å². The largest absolute Gasteiger partial charge is 0.481 e. The number of carbonyl (C=O) groups excluding carboxylic acids is 1. The number of rotatable bonds is 4. The minimum Gasteiger partial charge on any atom is -0.481 e. The fraction of sp³-hybridized carbons (Fsp3) is 0.846. The summed E-state index contributed by atoms with van der Waals surface area (Å²) in [4.78, 5) is 24.1. The Morgan fingerprint density at radius 3 is 2.48 bits per heavy atom. The quantitative estimate of drug-likeness (QED) is 0.838. The molecule has 0 aromatic rings. The van der Waals surface area contributed by atoms with Crippen molar-refractivity contribution in [3.8, 4) is 0 Å². The van der Waals surface area contributed by atoms with Crippen LogP contribution in [0.2, 0.25) is 0 Å². The standard InChI is InChI=1S/C13H21F3N2O3/c1-3-12(2,10(19)20)8-17-11(21)18-6-4-5-9(7-18)13(14,15)16/h9H,3-8H2,1-2H3,(H,17,21)(H,19,20). The zero-order chi connectivity index (χ0) is 16.3. The summed E-state index contributed by atoms with van der Waals surface area (Å²) < 4.78 is 38.0. The van der Waals surface area contributed by atoms with Gasteiger partial charge >= 0.3 is 18.2 Å². The van der Waals surface area contributed by atoms with Crippen LogP contribution in [0.15, 0.2) is 0 Å². The molecular formula is C13H21F3N2O3. The average Bonchev–Trinajstić information content (AvgIpc) is 2.43. The Morgan fingerprint density at radius 2 is 2.00 bits per heavy atom. The molecule has 0 bridgehead atoms. The van der Waals surface area contributed by atoms with Crippen molar-refractivity contribution in [2.45, 2.75) is 39.3 Å². The van der Waals surface area contributed by atoms with Crippen LogP contribution in [0, 0.1) is 11.3 Å². The molecular weight excluding hydrogens is 289 g/mol. The summed E-state index contributed by atoms with van der Waals surface area (Å²) in [5, 5.41) is 11.5. The van der Waals surface area contributed by atoms with Gasteiger partial charge in [0, 0.05) is 19.6 Å². The van der Waals surface area contributed by atoms with Gasteiger partial charge in [0.25, 0.3) is 0 Å². The third-order valence-corrected chi connectivity index (χ3v) is 4.10. The van der Waals surface area contributed by atoms with E-state index < -0.39 is 29.5 Å². The van der Waals surface area contributed by atoms with Gasteiger partial charge in [-0.05, 0) is 26.2 Å². The maximum Gasteiger partial charge on any atom is 0.393 e. The second-order valence-electron chi connectivity index (χ2n) is 5.70. The first-order chi connectivity index (χ1) is 9.60. The summed E-state index contributed by atoms with van der Waals surface area (Å²) in [5.74, 6) is -2.55. The maximum absolute atomic E-state index is 12.7. The van der Waals surface area contributed by atoms with Gasteiger partial charge < -0.3 is 15.3 Å². The molecule has 1 rings (SSSR count). The molecule has 0 spiro atoms. The smallest absolute Gasteiger partial charge is 0.393 e. The molecule has 5 nitrogen and oxygen atoms in total. The Hall–Kier alpha value is -1.47. The van der Waals surface area contributed by atoms with Crippen molar-refractivity contribution in [3.63, 3.8) is 0 Å². The molecule has 2 atom stereocenters. The molecule has 21 heavy (non-hydrogen) atoms. The number of hydrogen-bond donors (Lipinski definition) is 2. The monoisotopic (exact) mass is 310 g/mol. The lowest BCUT2D eigenvalue weighted by Crippen LogP contribution is -2.51. The molecule has 0 saturated carbocycles. The van der Waals surface area contributed by atoms with Crippen molar-refractivity contribution in [1.82, 2.24) is 10.2 Å². The number of halogens is 3. The lowest BCUT2D eigenvalue weighted by Gasteiger charge is -2.34. The van der Waals surface area contributed by atoms with E-state index >= 15 is 0 Å². The highest BCUT2D eigenvalue weighted by molar-refractivity contribution is 5.78. The van der Waals surface area contributed by atoms with Gasteiger partial charge in [-0.1, -0.05) is 6.92 Å². The molecule has 1 aliphatic rings. The highest BCUT2D eigenvalue weighted by Crippen LogP contribution is 2.33. The van der Waals surface area contributed by atoms with Crippen LogP contribution in [-0.2, 0) is 4.79 Å². The number of alkyl halides is 3. The van der Waals surface area contributed by atoms with Crippen molar-refractivity contribution in [2.75, 3.05) is 19.6 Å². The minimum atomic E-state index is -4.31. The molecule has 1 heterocycles. The van der Waals surface area contributed by atoms with Gasteiger partial charge in [0.15, 0.2) is 0 Å². The maximum atomic E-state index is 12.7. The molecule has 0 radical (unpaired) electrons. The van der Waals surface area contributed by atoms with Gasteiger partial charge in [-0.2, -0.15) is 13.2 Å². The zero-order valence-electron chi connectivity index (χ0n) is 12.2. The van der Waals surface area contributed by atoms with E-state index in [1.54, 1.807) is 6.92 Å². The van der Waals surface area contributed by atoms with Crippen molar-refractivity contribution < 1.29 is 27.9 Å². The SMILES string of the molecule is CCC(C)(CNC(=O)N1CCCC(C(F)(F)F)C1)C(=O)O. The third kappa shape index (κ3) is 4.50. The average molecular weight is 310 g/mol. The van der Waals surface area contributed by atoms with Gasteiger partial charge in [-0.3, -0.25) is 4.79 Å². The van der Waals surface area contributed by atoms with Crippen LogP contribution >= 0.6 is 0 Å². The van der Waals surface area contributed by atoms with E-state index in [0.717, 1.165) is 4.90 Å². The second-order valence-corrected chi connectivity index (χ2v) is 5.70. The summed E-state index contributed by atoms with van der Waals surface area (Å²) in [5.41, 5.74) is -1.12. The highest BCUT2D eigenvalue weighted by atomic mass is 19.4. The van der Waals surface area contributed by atoms with Crippen LogP contribution < -0.4 is 5.32 Å². The number of nitrogens with one attached hydrogen (secondary N) is 1. The van der Waals surface area contributed by atoms with E-state index in [-0.39, 0.29) is 26.1 Å². The Labute approximate surface area is 121 Å². The van der Waals surface area contributed by atoms with Crippen LogP contribution in [0.1, 0.15) is 33.1 Å². The number of carbonyl (C=O) groups is 2. The Morgan fingerprint density at radius 1 is 1.38 bits per heavy atom. The molecule has 0 aromatic carbocycles. The van der Waals surface area contributed by atoms with Gasteiger partial charge in [-0.15, -0.1) is 0 Å². The highest BCUT2D eigenvalue weighted by Gasteiger charge is 2.43. The van der Waals surface area contributed by atoms with E-state index in [9.17, 15) is 22.8 Å². The van der Waals surface area contributed by atoms with E-state index in [2.05, 4.69) is 5.32 Å².